The van der Waals surface area contributed by atoms with Gasteiger partial charge in [-0.1, -0.05) is 12.1 Å². The zero-order valence-corrected chi connectivity index (χ0v) is 7.48. The van der Waals surface area contributed by atoms with Gasteiger partial charge in [-0.25, -0.2) is 0 Å². The van der Waals surface area contributed by atoms with Crippen molar-refractivity contribution in [2.24, 2.45) is 0 Å². The Morgan fingerprint density at radius 3 is 2.92 bits per heavy atom. The summed E-state index contributed by atoms with van der Waals surface area (Å²) in [5.41, 5.74) is 1.24. The molecule has 0 unspecified atom stereocenters. The standard InChI is InChI=1S/C10H7NS/c1-7-2-3-8-5-9(6-11)12-10(8)4-7/h2-5H,1H3. The quantitative estimate of drug-likeness (QED) is 0.600. The van der Waals surface area contributed by atoms with Gasteiger partial charge in [0.05, 0.1) is 0 Å². The summed E-state index contributed by atoms with van der Waals surface area (Å²) >= 11 is 1.55. The van der Waals surface area contributed by atoms with E-state index in [0.29, 0.717) is 0 Å². The first kappa shape index (κ1) is 7.33. The minimum Gasteiger partial charge on any atom is -0.192 e. The topological polar surface area (TPSA) is 23.8 Å². The van der Waals surface area contributed by atoms with Crippen molar-refractivity contribution < 1.29 is 0 Å². The highest BCUT2D eigenvalue weighted by Crippen LogP contribution is 2.25. The van der Waals surface area contributed by atoms with Gasteiger partial charge < -0.3 is 0 Å². The third kappa shape index (κ3) is 1.09. The van der Waals surface area contributed by atoms with E-state index < -0.39 is 0 Å². The lowest BCUT2D eigenvalue weighted by Gasteiger charge is -1.89. The highest BCUT2D eigenvalue weighted by atomic mass is 32.1. The van der Waals surface area contributed by atoms with E-state index in [4.69, 9.17) is 5.26 Å². The number of rotatable bonds is 0. The van der Waals surface area contributed by atoms with Crippen LogP contribution in [0, 0.1) is 18.3 Å². The molecular weight excluding hydrogens is 166 g/mol. The molecular formula is C10H7NS. The van der Waals surface area contributed by atoms with Crippen LogP contribution < -0.4 is 0 Å². The van der Waals surface area contributed by atoms with Crippen molar-refractivity contribution in [3.05, 3.63) is 34.7 Å². The molecule has 0 N–H and O–H groups in total. The van der Waals surface area contributed by atoms with Gasteiger partial charge in [-0.3, -0.25) is 0 Å². The monoisotopic (exact) mass is 173 g/mol. The maximum absolute atomic E-state index is 8.67. The lowest BCUT2D eigenvalue weighted by molar-refractivity contribution is 1.51. The first-order valence-corrected chi connectivity index (χ1v) is 4.51. The van der Waals surface area contributed by atoms with Crippen LogP contribution in [0.4, 0.5) is 0 Å². The Kier molecular flexibility index (Phi) is 1.60. The predicted molar refractivity (Wildman–Crippen MR) is 51.3 cm³/mol. The predicted octanol–water partition coefficient (Wildman–Crippen LogP) is 3.08. The normalized spacial score (nSPS) is 10.0. The van der Waals surface area contributed by atoms with Crippen LogP contribution in [-0.4, -0.2) is 0 Å². The van der Waals surface area contributed by atoms with Crippen molar-refractivity contribution in [2.45, 2.75) is 6.92 Å². The molecule has 0 saturated heterocycles. The SMILES string of the molecule is Cc1ccc2cc(C#N)sc2c1. The van der Waals surface area contributed by atoms with E-state index in [9.17, 15) is 0 Å². The molecule has 58 valence electrons. The highest BCUT2D eigenvalue weighted by molar-refractivity contribution is 7.19. The molecule has 1 aromatic carbocycles. The minimum atomic E-state index is 0.788. The molecule has 12 heavy (non-hydrogen) atoms. The van der Waals surface area contributed by atoms with Crippen LogP contribution >= 0.6 is 11.3 Å². The van der Waals surface area contributed by atoms with Crippen LogP contribution in [0.3, 0.4) is 0 Å². The van der Waals surface area contributed by atoms with Gasteiger partial charge in [0.25, 0.3) is 0 Å². The van der Waals surface area contributed by atoms with E-state index in [1.807, 2.05) is 6.07 Å². The lowest BCUT2D eigenvalue weighted by atomic mass is 10.2. The highest BCUT2D eigenvalue weighted by Gasteiger charge is 1.99. The Bertz CT molecular complexity index is 462. The van der Waals surface area contributed by atoms with E-state index in [1.54, 1.807) is 11.3 Å². The van der Waals surface area contributed by atoms with Crippen LogP contribution in [0.1, 0.15) is 10.4 Å². The zero-order valence-electron chi connectivity index (χ0n) is 6.66. The summed E-state index contributed by atoms with van der Waals surface area (Å²) in [6.07, 6.45) is 0. The fraction of sp³-hybridized carbons (Fsp3) is 0.100. The van der Waals surface area contributed by atoms with Gasteiger partial charge in [0.15, 0.2) is 0 Å². The lowest BCUT2D eigenvalue weighted by Crippen LogP contribution is -1.66. The third-order valence-corrected chi connectivity index (χ3v) is 2.79. The van der Waals surface area contributed by atoms with E-state index in [0.717, 1.165) is 4.88 Å². The molecule has 0 amide bonds. The van der Waals surface area contributed by atoms with E-state index in [2.05, 4.69) is 31.2 Å². The molecule has 0 aliphatic heterocycles. The van der Waals surface area contributed by atoms with Gasteiger partial charge in [-0.2, -0.15) is 5.26 Å². The van der Waals surface area contributed by atoms with Crippen molar-refractivity contribution in [3.63, 3.8) is 0 Å². The molecule has 2 aromatic rings. The Morgan fingerprint density at radius 2 is 2.17 bits per heavy atom. The van der Waals surface area contributed by atoms with Gasteiger partial charge in [0.1, 0.15) is 10.9 Å². The van der Waals surface area contributed by atoms with Crippen molar-refractivity contribution in [3.8, 4) is 6.07 Å². The second-order valence-electron chi connectivity index (χ2n) is 2.76. The van der Waals surface area contributed by atoms with Crippen LogP contribution in [0.25, 0.3) is 10.1 Å². The first-order valence-electron chi connectivity index (χ1n) is 3.70. The number of thiophene rings is 1. The molecule has 0 bridgehead atoms. The van der Waals surface area contributed by atoms with Gasteiger partial charge in [0, 0.05) is 4.70 Å². The second kappa shape index (κ2) is 2.62. The number of nitriles is 1. The van der Waals surface area contributed by atoms with Crippen molar-refractivity contribution in [2.75, 3.05) is 0 Å². The molecule has 0 radical (unpaired) electrons. The summed E-state index contributed by atoms with van der Waals surface area (Å²) in [4.78, 5) is 0.788. The zero-order chi connectivity index (χ0) is 8.55. The molecule has 0 atom stereocenters. The fourth-order valence-electron chi connectivity index (χ4n) is 1.19. The number of hydrogen-bond donors (Lipinski definition) is 0. The molecule has 0 aliphatic carbocycles. The summed E-state index contributed by atoms with van der Waals surface area (Å²) in [5.74, 6) is 0. The van der Waals surface area contributed by atoms with Crippen LogP contribution in [0.2, 0.25) is 0 Å². The van der Waals surface area contributed by atoms with Gasteiger partial charge >= 0.3 is 0 Å². The second-order valence-corrected chi connectivity index (χ2v) is 3.85. The summed E-state index contributed by atoms with van der Waals surface area (Å²) < 4.78 is 1.20. The average Bonchev–Trinajstić information content (AvgIpc) is 2.46. The Labute approximate surface area is 74.9 Å². The Morgan fingerprint density at radius 1 is 1.33 bits per heavy atom. The van der Waals surface area contributed by atoms with Crippen LogP contribution in [0.15, 0.2) is 24.3 Å². The van der Waals surface area contributed by atoms with Crippen molar-refractivity contribution >= 4 is 21.4 Å². The maximum atomic E-state index is 8.67. The summed E-state index contributed by atoms with van der Waals surface area (Å²) in [6, 6.07) is 10.3. The average molecular weight is 173 g/mol. The van der Waals surface area contributed by atoms with Crippen molar-refractivity contribution in [1.29, 1.82) is 5.26 Å². The molecule has 2 rings (SSSR count). The fourth-order valence-corrected chi connectivity index (χ4v) is 2.15. The molecule has 1 aromatic heterocycles. The Balaban J connectivity index is 2.77. The van der Waals surface area contributed by atoms with E-state index >= 15 is 0 Å². The number of fused-ring (bicyclic) bond motifs is 1. The number of hydrogen-bond acceptors (Lipinski definition) is 2. The first-order chi connectivity index (χ1) is 5.79. The molecule has 0 fully saturated rings. The maximum Gasteiger partial charge on any atom is 0.110 e. The molecule has 0 aliphatic rings. The molecule has 0 spiro atoms. The molecule has 1 nitrogen and oxygen atoms in total. The van der Waals surface area contributed by atoms with E-state index in [1.165, 1.54) is 15.6 Å². The number of benzene rings is 1. The summed E-state index contributed by atoms with van der Waals surface area (Å²) in [6.45, 7) is 2.06. The van der Waals surface area contributed by atoms with Gasteiger partial charge in [-0.15, -0.1) is 11.3 Å². The number of nitrogens with zero attached hydrogens (tertiary/aromatic N) is 1. The molecule has 2 heteroatoms. The van der Waals surface area contributed by atoms with Gasteiger partial charge in [0.2, 0.25) is 0 Å². The van der Waals surface area contributed by atoms with Crippen LogP contribution in [0.5, 0.6) is 0 Å². The summed E-state index contributed by atoms with van der Waals surface area (Å²) in [7, 11) is 0. The molecule has 0 saturated carbocycles. The number of aryl methyl sites for hydroxylation is 1. The smallest absolute Gasteiger partial charge is 0.110 e. The van der Waals surface area contributed by atoms with Gasteiger partial charge in [-0.05, 0) is 30.0 Å². The third-order valence-electron chi connectivity index (χ3n) is 1.79. The Hall–Kier alpha value is -1.33. The van der Waals surface area contributed by atoms with Crippen LogP contribution in [-0.2, 0) is 0 Å². The minimum absolute atomic E-state index is 0.788. The van der Waals surface area contributed by atoms with E-state index in [-0.39, 0.29) is 0 Å². The largest absolute Gasteiger partial charge is 0.192 e. The van der Waals surface area contributed by atoms with Crippen molar-refractivity contribution in [1.82, 2.24) is 0 Å². The molecule has 1 heterocycles. The summed E-state index contributed by atoms with van der Waals surface area (Å²) in [5, 5.41) is 9.84.